The molecule has 0 aromatic carbocycles. The first-order chi connectivity index (χ1) is 8.62. The van der Waals surface area contributed by atoms with Crippen LogP contribution in [0, 0.1) is 6.92 Å². The molecule has 1 rings (SSSR count). The third-order valence-electron chi connectivity index (χ3n) is 2.48. The topological polar surface area (TPSA) is 76.1 Å². The monoisotopic (exact) mass is 252 g/mol. The molecule has 100 valence electrons. The molecule has 0 aliphatic heterocycles. The molecule has 0 atom stereocenters. The number of nitrogens with zero attached hydrogens (tertiary/aromatic N) is 2. The molecule has 1 heterocycles. The van der Waals surface area contributed by atoms with E-state index >= 15 is 0 Å². The molecule has 0 spiro atoms. The van der Waals surface area contributed by atoms with Gasteiger partial charge in [-0.05, 0) is 13.8 Å². The van der Waals surface area contributed by atoms with Crippen LogP contribution in [0.15, 0.2) is 0 Å². The van der Waals surface area contributed by atoms with Crippen molar-refractivity contribution in [2.75, 3.05) is 30.8 Å². The second-order valence-electron chi connectivity index (χ2n) is 3.78. The maximum Gasteiger partial charge on any atom is 0.325 e. The lowest BCUT2D eigenvalue weighted by molar-refractivity contribution is -0.138. The lowest BCUT2D eigenvalue weighted by atomic mass is 10.3. The van der Waals surface area contributed by atoms with Gasteiger partial charge in [0.05, 0.1) is 7.11 Å². The molecule has 0 bridgehead atoms. The molecule has 6 nitrogen and oxygen atoms in total. The maximum absolute atomic E-state index is 11.1. The van der Waals surface area contributed by atoms with E-state index in [1.807, 2.05) is 20.8 Å². The van der Waals surface area contributed by atoms with Gasteiger partial charge in [0.15, 0.2) is 0 Å². The fourth-order valence-corrected chi connectivity index (χ4v) is 1.46. The first kappa shape index (κ1) is 14.2. The highest BCUT2D eigenvalue weighted by atomic mass is 16.5. The molecule has 1 aromatic heterocycles. The summed E-state index contributed by atoms with van der Waals surface area (Å²) in [6.07, 6.45) is 0.742. The molecule has 1 aromatic rings. The Morgan fingerprint density at radius 1 is 1.22 bits per heavy atom. The lowest BCUT2D eigenvalue weighted by Gasteiger charge is -2.13. The van der Waals surface area contributed by atoms with Gasteiger partial charge < -0.3 is 15.4 Å². The van der Waals surface area contributed by atoms with Gasteiger partial charge in [-0.15, -0.1) is 0 Å². The van der Waals surface area contributed by atoms with Crippen LogP contribution in [0.3, 0.4) is 0 Å². The van der Waals surface area contributed by atoms with Gasteiger partial charge in [-0.25, -0.2) is 9.97 Å². The zero-order chi connectivity index (χ0) is 13.5. The Labute approximate surface area is 107 Å². The van der Waals surface area contributed by atoms with Gasteiger partial charge in [0.1, 0.15) is 24.0 Å². The second-order valence-corrected chi connectivity index (χ2v) is 3.78. The zero-order valence-corrected chi connectivity index (χ0v) is 11.3. The minimum Gasteiger partial charge on any atom is -0.468 e. The Kier molecular flexibility index (Phi) is 5.35. The van der Waals surface area contributed by atoms with Gasteiger partial charge in [0, 0.05) is 18.5 Å². The Morgan fingerprint density at radius 2 is 1.83 bits per heavy atom. The van der Waals surface area contributed by atoms with Crippen LogP contribution in [0.2, 0.25) is 0 Å². The van der Waals surface area contributed by atoms with E-state index in [1.165, 1.54) is 7.11 Å². The predicted molar refractivity (Wildman–Crippen MR) is 70.8 cm³/mol. The van der Waals surface area contributed by atoms with Crippen molar-refractivity contribution in [2.24, 2.45) is 0 Å². The quantitative estimate of drug-likeness (QED) is 0.745. The van der Waals surface area contributed by atoms with E-state index in [2.05, 4.69) is 25.3 Å². The van der Waals surface area contributed by atoms with Crippen LogP contribution in [0.4, 0.5) is 11.6 Å². The third kappa shape index (κ3) is 3.58. The SMILES string of the molecule is CCNc1nc(CC)nc(NCC(=O)OC)c1C. The standard InChI is InChI=1S/C12H20N4O2/c1-5-9-15-11(13-6-2)8(3)12(16-9)14-7-10(17)18-4/h5-7H2,1-4H3,(H2,13,14,15,16). The third-order valence-corrected chi connectivity index (χ3v) is 2.48. The molecule has 0 unspecified atom stereocenters. The van der Waals surface area contributed by atoms with Crippen LogP contribution in [0.25, 0.3) is 0 Å². The summed E-state index contributed by atoms with van der Waals surface area (Å²) in [4.78, 5) is 19.9. The number of anilines is 2. The van der Waals surface area contributed by atoms with E-state index in [-0.39, 0.29) is 12.5 Å². The van der Waals surface area contributed by atoms with Crippen LogP contribution in [-0.4, -0.2) is 36.1 Å². The van der Waals surface area contributed by atoms with Gasteiger partial charge in [-0.1, -0.05) is 6.92 Å². The lowest BCUT2D eigenvalue weighted by Crippen LogP contribution is -2.18. The number of ether oxygens (including phenoxy) is 1. The second kappa shape index (κ2) is 6.78. The van der Waals surface area contributed by atoms with Crippen molar-refractivity contribution in [3.8, 4) is 0 Å². The summed E-state index contributed by atoms with van der Waals surface area (Å²) in [6, 6.07) is 0. The van der Waals surface area contributed by atoms with E-state index in [9.17, 15) is 4.79 Å². The number of methoxy groups -OCH3 is 1. The molecule has 0 amide bonds. The number of aryl methyl sites for hydroxylation is 1. The van der Waals surface area contributed by atoms with Crippen LogP contribution < -0.4 is 10.6 Å². The van der Waals surface area contributed by atoms with E-state index < -0.39 is 0 Å². The average Bonchev–Trinajstić information content (AvgIpc) is 2.39. The van der Waals surface area contributed by atoms with E-state index in [1.54, 1.807) is 0 Å². The fraction of sp³-hybridized carbons (Fsp3) is 0.583. The summed E-state index contributed by atoms with van der Waals surface area (Å²) in [5, 5.41) is 6.16. The van der Waals surface area contributed by atoms with Crippen molar-refractivity contribution >= 4 is 17.6 Å². The maximum atomic E-state index is 11.1. The van der Waals surface area contributed by atoms with E-state index in [0.717, 1.165) is 30.2 Å². The Morgan fingerprint density at radius 3 is 2.33 bits per heavy atom. The summed E-state index contributed by atoms with van der Waals surface area (Å²) in [5.74, 6) is 1.89. The predicted octanol–water partition coefficient (Wildman–Crippen LogP) is 1.36. The number of carbonyl (C=O) groups is 1. The first-order valence-corrected chi connectivity index (χ1v) is 6.04. The Bertz CT molecular complexity index is 421. The number of rotatable bonds is 6. The van der Waals surface area contributed by atoms with Gasteiger partial charge in [-0.2, -0.15) is 0 Å². The van der Waals surface area contributed by atoms with Crippen LogP contribution in [0.1, 0.15) is 25.2 Å². The highest BCUT2D eigenvalue weighted by molar-refractivity contribution is 5.75. The van der Waals surface area contributed by atoms with Crippen LogP contribution in [0.5, 0.6) is 0 Å². The van der Waals surface area contributed by atoms with Crippen molar-refractivity contribution in [1.29, 1.82) is 0 Å². The fourth-order valence-electron chi connectivity index (χ4n) is 1.46. The number of hydrogen-bond donors (Lipinski definition) is 2. The summed E-state index contributed by atoms with van der Waals surface area (Å²) in [5.41, 5.74) is 0.901. The van der Waals surface area contributed by atoms with Crippen molar-refractivity contribution < 1.29 is 9.53 Å². The van der Waals surface area contributed by atoms with Crippen molar-refractivity contribution in [3.05, 3.63) is 11.4 Å². The van der Waals surface area contributed by atoms with Gasteiger partial charge in [0.2, 0.25) is 0 Å². The normalized spacial score (nSPS) is 10.0. The molecular formula is C12H20N4O2. The molecule has 0 radical (unpaired) electrons. The minimum absolute atomic E-state index is 0.100. The molecule has 0 saturated heterocycles. The Hall–Kier alpha value is -1.85. The molecule has 0 aliphatic rings. The zero-order valence-electron chi connectivity index (χ0n) is 11.3. The van der Waals surface area contributed by atoms with E-state index in [4.69, 9.17) is 0 Å². The van der Waals surface area contributed by atoms with Gasteiger partial charge in [-0.3, -0.25) is 4.79 Å². The van der Waals surface area contributed by atoms with E-state index in [0.29, 0.717) is 5.82 Å². The van der Waals surface area contributed by atoms with Crippen molar-refractivity contribution in [1.82, 2.24) is 9.97 Å². The number of hydrogen-bond acceptors (Lipinski definition) is 6. The number of carbonyl (C=O) groups excluding carboxylic acids is 1. The molecule has 6 heteroatoms. The largest absolute Gasteiger partial charge is 0.468 e. The number of aromatic nitrogens is 2. The van der Waals surface area contributed by atoms with Crippen LogP contribution in [-0.2, 0) is 16.0 Å². The average molecular weight is 252 g/mol. The van der Waals surface area contributed by atoms with Crippen molar-refractivity contribution in [3.63, 3.8) is 0 Å². The van der Waals surface area contributed by atoms with Crippen molar-refractivity contribution in [2.45, 2.75) is 27.2 Å². The molecule has 0 saturated carbocycles. The van der Waals surface area contributed by atoms with Gasteiger partial charge in [0.25, 0.3) is 0 Å². The van der Waals surface area contributed by atoms with Crippen LogP contribution >= 0.6 is 0 Å². The van der Waals surface area contributed by atoms with Gasteiger partial charge >= 0.3 is 5.97 Å². The molecule has 18 heavy (non-hydrogen) atoms. The highest BCUT2D eigenvalue weighted by Gasteiger charge is 2.10. The number of esters is 1. The molecule has 0 fully saturated rings. The summed E-state index contributed by atoms with van der Waals surface area (Å²) in [6.45, 7) is 6.80. The molecule has 0 aliphatic carbocycles. The molecule has 2 N–H and O–H groups in total. The summed E-state index contributed by atoms with van der Waals surface area (Å²) in [7, 11) is 1.36. The smallest absolute Gasteiger partial charge is 0.325 e. The summed E-state index contributed by atoms with van der Waals surface area (Å²) < 4.78 is 4.59. The first-order valence-electron chi connectivity index (χ1n) is 6.04. The summed E-state index contributed by atoms with van der Waals surface area (Å²) >= 11 is 0. The highest BCUT2D eigenvalue weighted by Crippen LogP contribution is 2.19. The Balaban J connectivity index is 2.94. The molecular weight excluding hydrogens is 232 g/mol. The number of nitrogens with one attached hydrogen (secondary N) is 2. The minimum atomic E-state index is -0.323.